The van der Waals surface area contributed by atoms with Crippen LogP contribution in [0, 0.1) is 40.9 Å². The lowest BCUT2D eigenvalue weighted by Gasteiger charge is -2.59. The number of allylic oxidation sites excluding steroid dienone is 1. The van der Waals surface area contributed by atoms with Gasteiger partial charge in [-0.3, -0.25) is 4.79 Å². The highest BCUT2D eigenvalue weighted by atomic mass is 79.9. The molecular formula is C28H30BrF3O5S. The molecule has 4 aliphatic rings. The summed E-state index contributed by atoms with van der Waals surface area (Å²) in [6.07, 6.45) is 5.85. The second kappa shape index (κ2) is 9.38. The number of fused-ring (bicyclic) bond motifs is 5. The van der Waals surface area contributed by atoms with Crippen LogP contribution in [-0.4, -0.2) is 35.2 Å². The molecule has 0 aliphatic heterocycles. The first kappa shape index (κ1) is 27.7. The highest BCUT2D eigenvalue weighted by molar-refractivity contribution is 9.09. The average molecular weight is 616 g/mol. The van der Waals surface area contributed by atoms with Gasteiger partial charge < -0.3 is 9.29 Å². The van der Waals surface area contributed by atoms with E-state index in [1.54, 1.807) is 25.1 Å². The van der Waals surface area contributed by atoms with E-state index in [-0.39, 0.29) is 40.2 Å². The van der Waals surface area contributed by atoms with Gasteiger partial charge in [-0.1, -0.05) is 40.9 Å². The summed E-state index contributed by atoms with van der Waals surface area (Å²) in [5, 5.41) is 11.7. The summed E-state index contributed by atoms with van der Waals surface area (Å²) < 4.78 is 65.7. The van der Waals surface area contributed by atoms with Gasteiger partial charge in [-0.15, -0.1) is 5.92 Å². The molecule has 8 atom stereocenters. The Labute approximate surface area is 229 Å². The number of alkyl halides is 4. The fourth-order valence-electron chi connectivity index (χ4n) is 7.98. The Morgan fingerprint density at radius 2 is 1.84 bits per heavy atom. The SMILES string of the molecule is CC#C[C@]1(O)CC[C@H]2[C@@H]3C[C@@H](Br)C4=CC(=O)CC[C@@H]4[C@H]3[C@@H](c3ccc(OS(=O)(=O)C(F)(F)F)cc3)C[C@@]21C. The van der Waals surface area contributed by atoms with E-state index in [0.29, 0.717) is 19.3 Å². The molecule has 0 saturated heterocycles. The molecule has 5 nitrogen and oxygen atoms in total. The molecule has 3 fully saturated rings. The Hall–Kier alpha value is -1.83. The number of halogens is 4. The Morgan fingerprint density at radius 3 is 2.47 bits per heavy atom. The van der Waals surface area contributed by atoms with Crippen LogP contribution in [0.15, 0.2) is 35.9 Å². The smallest absolute Gasteiger partial charge is 0.377 e. The van der Waals surface area contributed by atoms with Crippen molar-refractivity contribution in [2.24, 2.45) is 29.1 Å². The molecule has 0 radical (unpaired) electrons. The van der Waals surface area contributed by atoms with E-state index in [4.69, 9.17) is 0 Å². The highest BCUT2D eigenvalue weighted by Crippen LogP contribution is 2.68. The monoisotopic (exact) mass is 614 g/mol. The van der Waals surface area contributed by atoms with Crippen molar-refractivity contribution in [3.05, 3.63) is 41.5 Å². The average Bonchev–Trinajstić information content (AvgIpc) is 3.09. The van der Waals surface area contributed by atoms with E-state index < -0.39 is 32.4 Å². The lowest BCUT2D eigenvalue weighted by Crippen LogP contribution is -2.55. The van der Waals surface area contributed by atoms with Crippen LogP contribution in [0.1, 0.15) is 63.9 Å². The third-order valence-electron chi connectivity index (χ3n) is 9.59. The number of hydrogen-bond acceptors (Lipinski definition) is 5. The molecule has 0 bridgehead atoms. The van der Waals surface area contributed by atoms with Crippen molar-refractivity contribution in [3.63, 3.8) is 0 Å². The van der Waals surface area contributed by atoms with Crippen molar-refractivity contribution >= 4 is 31.8 Å². The summed E-state index contributed by atoms with van der Waals surface area (Å²) >= 11 is 3.85. The zero-order valence-corrected chi connectivity index (χ0v) is 23.5. The largest absolute Gasteiger partial charge is 0.534 e. The zero-order valence-electron chi connectivity index (χ0n) is 21.1. The standard InChI is InChI=1S/C28H30BrF3O5S/c1-3-11-27(34)12-10-23-21-14-24(29)20-13-17(33)6-9-19(20)25(21)22(15-26(23,27)2)16-4-7-18(8-5-16)37-38(35,36)28(30,31)32/h4-5,7-8,13,19,21-25,34H,6,9-10,12,14-15H2,1-2H3/t19-,21-,22+,23-,24+,25+,26-,27-/m0/s1. The van der Waals surface area contributed by atoms with Gasteiger partial charge in [-0.2, -0.15) is 21.6 Å². The van der Waals surface area contributed by atoms with Crippen molar-refractivity contribution in [2.45, 2.75) is 74.2 Å². The van der Waals surface area contributed by atoms with E-state index in [1.807, 2.05) is 0 Å². The van der Waals surface area contributed by atoms with Crippen LogP contribution in [0.25, 0.3) is 0 Å². The minimum atomic E-state index is -5.77. The second-order valence-electron chi connectivity index (χ2n) is 11.4. The number of aliphatic hydroxyl groups is 1. The first-order valence-electron chi connectivity index (χ1n) is 12.9. The Morgan fingerprint density at radius 1 is 1.16 bits per heavy atom. The Balaban J connectivity index is 1.56. The fourth-order valence-corrected chi connectivity index (χ4v) is 9.34. The van der Waals surface area contributed by atoms with Crippen LogP contribution >= 0.6 is 15.9 Å². The maximum Gasteiger partial charge on any atom is 0.534 e. The Kier molecular flexibility index (Phi) is 6.84. The van der Waals surface area contributed by atoms with E-state index in [1.165, 1.54) is 12.1 Å². The minimum Gasteiger partial charge on any atom is -0.377 e. The van der Waals surface area contributed by atoms with Gasteiger partial charge in [-0.05, 0) is 98.0 Å². The molecule has 1 aromatic carbocycles. The number of ketones is 1. The molecule has 1 aromatic rings. The highest BCUT2D eigenvalue weighted by Gasteiger charge is 2.65. The van der Waals surface area contributed by atoms with Crippen molar-refractivity contribution < 1.29 is 35.7 Å². The third-order valence-corrected chi connectivity index (χ3v) is 11.5. The fraction of sp³-hybridized carbons (Fsp3) is 0.607. The molecule has 3 saturated carbocycles. The summed E-state index contributed by atoms with van der Waals surface area (Å²) in [6.45, 7) is 3.82. The number of carbonyl (C=O) groups excluding carboxylic acids is 1. The van der Waals surface area contributed by atoms with Gasteiger partial charge in [0.2, 0.25) is 0 Å². The first-order chi connectivity index (χ1) is 17.7. The molecule has 0 unspecified atom stereocenters. The molecule has 10 heteroatoms. The molecule has 5 rings (SSSR count). The molecule has 4 aliphatic carbocycles. The van der Waals surface area contributed by atoms with Gasteiger partial charge in [0.1, 0.15) is 11.4 Å². The van der Waals surface area contributed by atoms with E-state index >= 15 is 0 Å². The van der Waals surface area contributed by atoms with Gasteiger partial charge in [0.25, 0.3) is 0 Å². The first-order valence-corrected chi connectivity index (χ1v) is 15.2. The molecule has 1 N–H and O–H groups in total. The summed E-state index contributed by atoms with van der Waals surface area (Å²) in [4.78, 5) is 12.4. The maximum atomic E-state index is 12.8. The summed E-state index contributed by atoms with van der Waals surface area (Å²) in [5.74, 6) is 6.46. The number of rotatable bonds is 3. The molecule has 0 aromatic heterocycles. The van der Waals surface area contributed by atoms with Crippen LogP contribution in [0.3, 0.4) is 0 Å². The van der Waals surface area contributed by atoms with Crippen molar-refractivity contribution in [2.75, 3.05) is 0 Å². The molecule has 0 spiro atoms. The van der Waals surface area contributed by atoms with Crippen LogP contribution < -0.4 is 4.18 Å². The van der Waals surface area contributed by atoms with E-state index in [0.717, 1.165) is 30.4 Å². The lowest BCUT2D eigenvalue weighted by molar-refractivity contribution is -0.117. The van der Waals surface area contributed by atoms with Crippen LogP contribution in [0.5, 0.6) is 5.75 Å². The number of benzene rings is 1. The van der Waals surface area contributed by atoms with Gasteiger partial charge in [0, 0.05) is 16.7 Å². The van der Waals surface area contributed by atoms with Crippen LogP contribution in [-0.2, 0) is 14.9 Å². The van der Waals surface area contributed by atoms with Gasteiger partial charge in [0.05, 0.1) is 0 Å². The maximum absolute atomic E-state index is 12.8. The molecular weight excluding hydrogens is 585 g/mol. The molecule has 0 heterocycles. The Bertz CT molecular complexity index is 1330. The van der Waals surface area contributed by atoms with E-state index in [2.05, 4.69) is 38.9 Å². The van der Waals surface area contributed by atoms with Crippen molar-refractivity contribution in [1.82, 2.24) is 0 Å². The second-order valence-corrected chi connectivity index (χ2v) is 14.0. The third kappa shape index (κ3) is 4.33. The quantitative estimate of drug-likeness (QED) is 0.199. The lowest BCUT2D eigenvalue weighted by atomic mass is 9.46. The van der Waals surface area contributed by atoms with Gasteiger partial charge >= 0.3 is 15.6 Å². The summed E-state index contributed by atoms with van der Waals surface area (Å²) in [7, 11) is -5.77. The van der Waals surface area contributed by atoms with Gasteiger partial charge in [0.15, 0.2) is 5.78 Å². The van der Waals surface area contributed by atoms with Gasteiger partial charge in [-0.25, -0.2) is 0 Å². The molecule has 206 valence electrons. The van der Waals surface area contributed by atoms with Crippen LogP contribution in [0.2, 0.25) is 0 Å². The molecule has 0 amide bonds. The predicted molar refractivity (Wildman–Crippen MR) is 139 cm³/mol. The normalized spacial score (nSPS) is 38.7. The van der Waals surface area contributed by atoms with Crippen molar-refractivity contribution in [3.8, 4) is 17.6 Å². The number of hydrogen-bond donors (Lipinski definition) is 1. The summed E-state index contributed by atoms with van der Waals surface area (Å²) in [5.41, 5.74) is -5.22. The van der Waals surface area contributed by atoms with Crippen LogP contribution in [0.4, 0.5) is 13.2 Å². The van der Waals surface area contributed by atoms with Crippen molar-refractivity contribution in [1.29, 1.82) is 0 Å². The zero-order chi connectivity index (χ0) is 27.7. The number of carbonyl (C=O) groups is 1. The summed E-state index contributed by atoms with van der Waals surface area (Å²) in [6, 6.07) is 5.77. The minimum absolute atomic E-state index is 0.0651. The predicted octanol–water partition coefficient (Wildman–Crippen LogP) is 5.88. The van der Waals surface area contributed by atoms with E-state index in [9.17, 15) is 31.5 Å². The topological polar surface area (TPSA) is 80.7 Å². The molecule has 38 heavy (non-hydrogen) atoms.